The zero-order chi connectivity index (χ0) is 15.2. The minimum Gasteiger partial charge on any atom is -0.384 e. The minimum absolute atomic E-state index is 0.0903. The number of halogens is 1. The molecule has 1 rings (SSSR count). The summed E-state index contributed by atoms with van der Waals surface area (Å²) in [5.41, 5.74) is 1.14. The van der Waals surface area contributed by atoms with Crippen LogP contribution in [0, 0.1) is 17.7 Å². The maximum Gasteiger partial charge on any atom is 0.123 e. The maximum atomic E-state index is 13.3. The van der Waals surface area contributed by atoms with Gasteiger partial charge in [0.2, 0.25) is 0 Å². The zero-order valence-corrected chi connectivity index (χ0v) is 13.4. The molecule has 0 amide bonds. The van der Waals surface area contributed by atoms with E-state index in [2.05, 4.69) is 33.0 Å². The Bertz CT molecular complexity index is 400. The average molecular weight is 281 g/mol. The van der Waals surface area contributed by atoms with Gasteiger partial charge in [-0.1, -0.05) is 19.1 Å². The highest BCUT2D eigenvalue weighted by molar-refractivity contribution is 5.17. The van der Waals surface area contributed by atoms with Crippen LogP contribution in [0.5, 0.6) is 0 Å². The quantitative estimate of drug-likeness (QED) is 0.823. The standard InChI is InChI=1S/C17H28FNO/c1-13(12-20-5)15(11-19-17(2,3)4)9-14-7-6-8-16(18)10-14/h6-8,10,13,15,19H,9,11-12H2,1-5H3. The first kappa shape index (κ1) is 17.1. The normalized spacial score (nSPS) is 15.1. The Labute approximate surface area is 122 Å². The van der Waals surface area contributed by atoms with Crippen LogP contribution >= 0.6 is 0 Å². The van der Waals surface area contributed by atoms with Gasteiger partial charge in [-0.2, -0.15) is 0 Å². The number of ether oxygens (including phenoxy) is 1. The smallest absolute Gasteiger partial charge is 0.123 e. The summed E-state index contributed by atoms with van der Waals surface area (Å²) in [7, 11) is 1.73. The molecule has 1 N–H and O–H groups in total. The second-order valence-electron chi connectivity index (χ2n) is 6.66. The lowest BCUT2D eigenvalue weighted by Crippen LogP contribution is -2.41. The molecule has 0 heterocycles. The van der Waals surface area contributed by atoms with Gasteiger partial charge >= 0.3 is 0 Å². The second kappa shape index (κ2) is 7.75. The molecule has 0 saturated heterocycles. The van der Waals surface area contributed by atoms with Crippen molar-refractivity contribution in [2.45, 2.75) is 39.7 Å². The van der Waals surface area contributed by atoms with E-state index >= 15 is 0 Å². The molecule has 0 aliphatic heterocycles. The predicted octanol–water partition coefficient (Wildman–Crippen LogP) is 3.66. The predicted molar refractivity (Wildman–Crippen MR) is 82.4 cm³/mol. The lowest BCUT2D eigenvalue weighted by molar-refractivity contribution is 0.125. The number of rotatable bonds is 7. The Morgan fingerprint density at radius 3 is 2.55 bits per heavy atom. The third-order valence-corrected chi connectivity index (χ3v) is 3.52. The van der Waals surface area contributed by atoms with Gasteiger partial charge in [-0.05, 0) is 63.3 Å². The SMILES string of the molecule is COCC(C)C(CNC(C)(C)C)Cc1cccc(F)c1. The van der Waals surface area contributed by atoms with Gasteiger partial charge in [0.05, 0.1) is 0 Å². The first-order valence-electron chi connectivity index (χ1n) is 7.30. The highest BCUT2D eigenvalue weighted by Gasteiger charge is 2.20. The Morgan fingerprint density at radius 1 is 1.30 bits per heavy atom. The van der Waals surface area contributed by atoms with Crippen molar-refractivity contribution in [1.82, 2.24) is 5.32 Å². The Hall–Kier alpha value is -0.930. The first-order chi connectivity index (χ1) is 9.31. The fraction of sp³-hybridized carbons (Fsp3) is 0.647. The van der Waals surface area contributed by atoms with Crippen LogP contribution in [-0.2, 0) is 11.2 Å². The van der Waals surface area contributed by atoms with Crippen LogP contribution < -0.4 is 5.32 Å². The number of hydrogen-bond acceptors (Lipinski definition) is 2. The van der Waals surface area contributed by atoms with Crippen LogP contribution in [0.25, 0.3) is 0 Å². The molecule has 2 nitrogen and oxygen atoms in total. The number of benzene rings is 1. The molecular formula is C17H28FNO. The van der Waals surface area contributed by atoms with E-state index in [9.17, 15) is 4.39 Å². The van der Waals surface area contributed by atoms with Crippen molar-refractivity contribution in [3.8, 4) is 0 Å². The summed E-state index contributed by atoms with van der Waals surface area (Å²) in [5.74, 6) is 0.693. The molecule has 0 fully saturated rings. The molecule has 1 aromatic carbocycles. The fourth-order valence-electron chi connectivity index (χ4n) is 2.28. The molecule has 0 aromatic heterocycles. The van der Waals surface area contributed by atoms with Gasteiger partial charge in [-0.15, -0.1) is 0 Å². The summed E-state index contributed by atoms with van der Waals surface area (Å²) in [6, 6.07) is 6.89. The van der Waals surface area contributed by atoms with E-state index in [1.54, 1.807) is 19.2 Å². The lowest BCUT2D eigenvalue weighted by atomic mass is 9.87. The van der Waals surface area contributed by atoms with Gasteiger partial charge in [-0.3, -0.25) is 0 Å². The van der Waals surface area contributed by atoms with Gasteiger partial charge in [0, 0.05) is 19.3 Å². The highest BCUT2D eigenvalue weighted by Crippen LogP contribution is 2.19. The van der Waals surface area contributed by atoms with Crippen molar-refractivity contribution in [2.24, 2.45) is 11.8 Å². The van der Waals surface area contributed by atoms with Crippen LogP contribution in [0.1, 0.15) is 33.3 Å². The zero-order valence-electron chi connectivity index (χ0n) is 13.4. The molecule has 0 radical (unpaired) electrons. The van der Waals surface area contributed by atoms with E-state index in [1.807, 2.05) is 6.07 Å². The topological polar surface area (TPSA) is 21.3 Å². The van der Waals surface area contributed by atoms with Gasteiger partial charge in [-0.25, -0.2) is 4.39 Å². The van der Waals surface area contributed by atoms with Crippen LogP contribution in [0.4, 0.5) is 4.39 Å². The summed E-state index contributed by atoms with van der Waals surface area (Å²) < 4.78 is 18.6. The molecule has 1 aromatic rings. The number of hydrogen-bond donors (Lipinski definition) is 1. The van der Waals surface area contributed by atoms with Gasteiger partial charge in [0.15, 0.2) is 0 Å². The Kier molecular flexibility index (Phi) is 6.63. The Balaban J connectivity index is 2.71. The highest BCUT2D eigenvalue weighted by atomic mass is 19.1. The summed E-state index contributed by atoms with van der Waals surface area (Å²) in [6.07, 6.45) is 0.866. The number of methoxy groups -OCH3 is 1. The van der Waals surface area contributed by atoms with Crippen LogP contribution in [0.2, 0.25) is 0 Å². The van der Waals surface area contributed by atoms with E-state index in [1.165, 1.54) is 6.07 Å². The third-order valence-electron chi connectivity index (χ3n) is 3.52. The monoisotopic (exact) mass is 281 g/mol. The molecule has 0 aliphatic carbocycles. The Morgan fingerprint density at radius 2 is 2.00 bits per heavy atom. The molecule has 3 heteroatoms. The van der Waals surface area contributed by atoms with Crippen LogP contribution in [0.3, 0.4) is 0 Å². The van der Waals surface area contributed by atoms with E-state index < -0.39 is 0 Å². The molecule has 2 atom stereocenters. The summed E-state index contributed by atoms with van der Waals surface area (Å²) in [4.78, 5) is 0. The molecule has 0 spiro atoms. The van der Waals surface area contributed by atoms with Crippen molar-refractivity contribution in [1.29, 1.82) is 0 Å². The number of nitrogens with one attached hydrogen (secondary N) is 1. The maximum absolute atomic E-state index is 13.3. The van der Waals surface area contributed by atoms with E-state index in [0.29, 0.717) is 11.8 Å². The largest absolute Gasteiger partial charge is 0.384 e. The summed E-state index contributed by atoms with van der Waals surface area (Å²) in [5, 5.41) is 3.55. The van der Waals surface area contributed by atoms with Crippen LogP contribution in [0.15, 0.2) is 24.3 Å². The van der Waals surface area contributed by atoms with Gasteiger partial charge in [0.1, 0.15) is 5.82 Å². The minimum atomic E-state index is -0.163. The second-order valence-corrected chi connectivity index (χ2v) is 6.66. The van der Waals surface area contributed by atoms with Gasteiger partial charge in [0.25, 0.3) is 0 Å². The average Bonchev–Trinajstić information content (AvgIpc) is 2.33. The van der Waals surface area contributed by atoms with E-state index in [-0.39, 0.29) is 11.4 Å². The van der Waals surface area contributed by atoms with Crippen molar-refractivity contribution in [3.63, 3.8) is 0 Å². The molecule has 0 bridgehead atoms. The van der Waals surface area contributed by atoms with Gasteiger partial charge < -0.3 is 10.1 Å². The first-order valence-corrected chi connectivity index (χ1v) is 7.30. The van der Waals surface area contributed by atoms with Crippen molar-refractivity contribution in [3.05, 3.63) is 35.6 Å². The molecular weight excluding hydrogens is 253 g/mol. The van der Waals surface area contributed by atoms with Crippen molar-refractivity contribution >= 4 is 0 Å². The lowest BCUT2D eigenvalue weighted by Gasteiger charge is -2.29. The van der Waals surface area contributed by atoms with E-state index in [0.717, 1.165) is 25.1 Å². The third kappa shape index (κ3) is 6.49. The van der Waals surface area contributed by atoms with E-state index in [4.69, 9.17) is 4.74 Å². The molecule has 114 valence electrons. The van der Waals surface area contributed by atoms with Crippen molar-refractivity contribution < 1.29 is 9.13 Å². The molecule has 0 aliphatic rings. The fourth-order valence-corrected chi connectivity index (χ4v) is 2.28. The summed E-state index contributed by atoms with van der Waals surface area (Å²) in [6.45, 7) is 10.3. The van der Waals surface area contributed by atoms with Crippen LogP contribution in [-0.4, -0.2) is 25.8 Å². The molecule has 20 heavy (non-hydrogen) atoms. The van der Waals surface area contributed by atoms with Crippen molar-refractivity contribution in [2.75, 3.05) is 20.3 Å². The molecule has 2 unspecified atom stereocenters. The summed E-state index contributed by atoms with van der Waals surface area (Å²) >= 11 is 0. The molecule has 0 saturated carbocycles.